The zero-order valence-corrected chi connectivity index (χ0v) is 12.9. The van der Waals surface area contributed by atoms with E-state index < -0.39 is 0 Å². The molecule has 0 aliphatic carbocycles. The molecule has 0 spiro atoms. The summed E-state index contributed by atoms with van der Waals surface area (Å²) >= 11 is 0. The molecule has 2 nitrogen and oxygen atoms in total. The van der Waals surface area contributed by atoms with Crippen LogP contribution in [-0.4, -0.2) is 18.5 Å². The molecule has 0 aliphatic rings. The van der Waals surface area contributed by atoms with Crippen LogP contribution in [0.3, 0.4) is 0 Å². The van der Waals surface area contributed by atoms with Gasteiger partial charge in [0.1, 0.15) is 0 Å². The molecule has 1 aromatic carbocycles. The summed E-state index contributed by atoms with van der Waals surface area (Å²) in [5, 5.41) is 9.05. The molecular weight excluding hydrogens is 232 g/mol. The van der Waals surface area contributed by atoms with Gasteiger partial charge in [0.15, 0.2) is 0 Å². The van der Waals surface area contributed by atoms with E-state index in [4.69, 9.17) is 5.26 Å². The average Bonchev–Trinajstić information content (AvgIpc) is 2.30. The molecule has 0 heterocycles. The maximum absolute atomic E-state index is 9.05. The van der Waals surface area contributed by atoms with E-state index in [-0.39, 0.29) is 5.41 Å². The Balaban J connectivity index is 2.56. The van der Waals surface area contributed by atoms with E-state index in [9.17, 15) is 0 Å². The van der Waals surface area contributed by atoms with Crippen LogP contribution in [-0.2, 0) is 13.0 Å². The Hall–Kier alpha value is -1.33. The molecule has 0 atom stereocenters. The predicted octanol–water partition coefficient (Wildman–Crippen LogP) is 3.87. The van der Waals surface area contributed by atoms with Crippen molar-refractivity contribution < 1.29 is 0 Å². The maximum Gasteiger partial charge on any atom is 0.0697 e. The monoisotopic (exact) mass is 258 g/mol. The lowest BCUT2D eigenvalue weighted by molar-refractivity contribution is 0.249. The predicted molar refractivity (Wildman–Crippen MR) is 80.7 cm³/mol. The van der Waals surface area contributed by atoms with Gasteiger partial charge in [-0.15, -0.1) is 0 Å². The molecule has 0 bridgehead atoms. The average molecular weight is 258 g/mol. The van der Waals surface area contributed by atoms with Crippen LogP contribution in [0.25, 0.3) is 0 Å². The third-order valence-corrected chi connectivity index (χ3v) is 3.09. The third kappa shape index (κ3) is 5.89. The lowest BCUT2D eigenvalue weighted by Gasteiger charge is -2.24. The Morgan fingerprint density at radius 3 is 2.16 bits per heavy atom. The number of benzene rings is 1. The van der Waals surface area contributed by atoms with Crippen LogP contribution in [0, 0.1) is 22.7 Å². The topological polar surface area (TPSA) is 27.0 Å². The highest BCUT2D eigenvalue weighted by Gasteiger charge is 2.19. The summed E-state index contributed by atoms with van der Waals surface area (Å²) in [5.41, 5.74) is 2.43. The Morgan fingerprint density at radius 2 is 1.68 bits per heavy atom. The van der Waals surface area contributed by atoms with E-state index in [1.54, 1.807) is 0 Å². The van der Waals surface area contributed by atoms with Gasteiger partial charge in [0, 0.05) is 13.1 Å². The maximum atomic E-state index is 9.05. The standard InChI is InChI=1S/C17H26N2/c1-14(2)10-15-6-8-16(9-7-15)11-19(5)13-17(3,4)12-18/h6-9,14H,10-11,13H2,1-5H3. The van der Waals surface area contributed by atoms with Crippen LogP contribution in [0.5, 0.6) is 0 Å². The van der Waals surface area contributed by atoms with Gasteiger partial charge in [0.05, 0.1) is 11.5 Å². The highest BCUT2D eigenvalue weighted by Crippen LogP contribution is 2.16. The minimum absolute atomic E-state index is 0.285. The van der Waals surface area contributed by atoms with E-state index >= 15 is 0 Å². The molecule has 1 aromatic rings. The summed E-state index contributed by atoms with van der Waals surface area (Å²) in [6.45, 7) is 10.1. The Bertz CT molecular complexity index is 424. The minimum atomic E-state index is -0.285. The van der Waals surface area contributed by atoms with E-state index in [1.165, 1.54) is 11.1 Å². The Kier molecular flexibility index (Phi) is 5.57. The molecule has 0 saturated heterocycles. The van der Waals surface area contributed by atoms with Crippen LogP contribution in [0.1, 0.15) is 38.8 Å². The lowest BCUT2D eigenvalue weighted by Crippen LogP contribution is -2.29. The van der Waals surface area contributed by atoms with Gasteiger partial charge in [-0.25, -0.2) is 0 Å². The van der Waals surface area contributed by atoms with Crippen molar-refractivity contribution in [1.82, 2.24) is 4.90 Å². The van der Waals surface area contributed by atoms with Crippen LogP contribution < -0.4 is 0 Å². The molecule has 0 radical (unpaired) electrons. The van der Waals surface area contributed by atoms with Gasteiger partial charge in [-0.3, -0.25) is 0 Å². The number of nitriles is 1. The third-order valence-electron chi connectivity index (χ3n) is 3.09. The first kappa shape index (κ1) is 15.7. The number of hydrogen-bond acceptors (Lipinski definition) is 2. The summed E-state index contributed by atoms with van der Waals surface area (Å²) in [7, 11) is 2.07. The molecule has 104 valence electrons. The quantitative estimate of drug-likeness (QED) is 0.774. The van der Waals surface area contributed by atoms with Gasteiger partial charge in [0.2, 0.25) is 0 Å². The van der Waals surface area contributed by atoms with E-state index in [2.05, 4.69) is 56.1 Å². The Morgan fingerprint density at radius 1 is 1.16 bits per heavy atom. The highest BCUT2D eigenvalue weighted by atomic mass is 15.1. The normalized spacial score (nSPS) is 11.9. The second-order valence-electron chi connectivity index (χ2n) is 6.58. The van der Waals surface area contributed by atoms with Gasteiger partial charge >= 0.3 is 0 Å². The smallest absolute Gasteiger partial charge is 0.0697 e. The summed E-state index contributed by atoms with van der Waals surface area (Å²) in [6.07, 6.45) is 1.14. The fourth-order valence-corrected chi connectivity index (χ4v) is 2.33. The zero-order chi connectivity index (χ0) is 14.5. The van der Waals surface area contributed by atoms with E-state index in [1.807, 2.05) is 13.8 Å². The van der Waals surface area contributed by atoms with Crippen molar-refractivity contribution in [3.05, 3.63) is 35.4 Å². The summed E-state index contributed by atoms with van der Waals surface area (Å²) < 4.78 is 0. The molecule has 0 amide bonds. The van der Waals surface area contributed by atoms with Gasteiger partial charge in [-0.2, -0.15) is 5.26 Å². The lowest BCUT2D eigenvalue weighted by atomic mass is 9.95. The fourth-order valence-electron chi connectivity index (χ4n) is 2.33. The molecule has 2 heteroatoms. The van der Waals surface area contributed by atoms with Crippen molar-refractivity contribution in [2.24, 2.45) is 11.3 Å². The Labute approximate surface area is 118 Å². The van der Waals surface area contributed by atoms with Crippen LogP contribution in [0.15, 0.2) is 24.3 Å². The molecule has 0 fully saturated rings. The largest absolute Gasteiger partial charge is 0.301 e. The molecular formula is C17H26N2. The van der Waals surface area contributed by atoms with Crippen molar-refractivity contribution in [2.75, 3.05) is 13.6 Å². The molecule has 1 rings (SSSR count). The van der Waals surface area contributed by atoms with Crippen LogP contribution in [0.2, 0.25) is 0 Å². The molecule has 0 aliphatic heterocycles. The molecule has 0 unspecified atom stereocenters. The first-order valence-corrected chi connectivity index (χ1v) is 7.00. The van der Waals surface area contributed by atoms with Gasteiger partial charge in [0.25, 0.3) is 0 Å². The summed E-state index contributed by atoms with van der Waals surface area (Å²) in [5.74, 6) is 0.699. The fraction of sp³-hybridized carbons (Fsp3) is 0.588. The van der Waals surface area contributed by atoms with E-state index in [0.717, 1.165) is 19.5 Å². The first-order chi connectivity index (χ1) is 8.82. The second-order valence-corrected chi connectivity index (χ2v) is 6.58. The van der Waals surface area contributed by atoms with Crippen molar-refractivity contribution >= 4 is 0 Å². The first-order valence-electron chi connectivity index (χ1n) is 7.00. The highest BCUT2D eigenvalue weighted by molar-refractivity contribution is 5.22. The van der Waals surface area contributed by atoms with Crippen molar-refractivity contribution in [3.63, 3.8) is 0 Å². The minimum Gasteiger partial charge on any atom is -0.301 e. The zero-order valence-electron chi connectivity index (χ0n) is 12.9. The number of nitrogens with zero attached hydrogens (tertiary/aromatic N) is 2. The number of rotatable bonds is 6. The van der Waals surface area contributed by atoms with Gasteiger partial charge < -0.3 is 4.90 Å². The molecule has 0 N–H and O–H groups in total. The van der Waals surface area contributed by atoms with Crippen molar-refractivity contribution in [3.8, 4) is 6.07 Å². The number of hydrogen-bond donors (Lipinski definition) is 0. The van der Waals surface area contributed by atoms with Gasteiger partial charge in [-0.1, -0.05) is 38.1 Å². The summed E-state index contributed by atoms with van der Waals surface area (Å²) in [6, 6.07) is 11.2. The van der Waals surface area contributed by atoms with Crippen LogP contribution in [0.4, 0.5) is 0 Å². The molecule has 19 heavy (non-hydrogen) atoms. The SMILES string of the molecule is CC(C)Cc1ccc(CN(C)CC(C)(C)C#N)cc1. The molecule has 0 aromatic heterocycles. The summed E-state index contributed by atoms with van der Waals surface area (Å²) in [4.78, 5) is 2.21. The van der Waals surface area contributed by atoms with Crippen LogP contribution >= 0.6 is 0 Å². The van der Waals surface area contributed by atoms with E-state index in [0.29, 0.717) is 5.92 Å². The van der Waals surface area contributed by atoms with Gasteiger partial charge in [-0.05, 0) is 44.4 Å². The molecule has 0 saturated carbocycles. The second kappa shape index (κ2) is 6.73. The van der Waals surface area contributed by atoms with Crippen molar-refractivity contribution in [2.45, 2.75) is 40.7 Å². The van der Waals surface area contributed by atoms with Crippen molar-refractivity contribution in [1.29, 1.82) is 5.26 Å².